The van der Waals surface area contributed by atoms with Gasteiger partial charge in [0.1, 0.15) is 0 Å². The van der Waals surface area contributed by atoms with Gasteiger partial charge in [-0.2, -0.15) is 0 Å². The van der Waals surface area contributed by atoms with Crippen molar-refractivity contribution in [2.24, 2.45) is 17.1 Å². The van der Waals surface area contributed by atoms with E-state index < -0.39 is 15.4 Å². The van der Waals surface area contributed by atoms with Crippen LogP contribution in [-0.4, -0.2) is 38.7 Å². The number of nitrogens with one attached hydrogen (secondary N) is 2. The highest BCUT2D eigenvalue weighted by Crippen LogP contribution is 2.45. The standard InChI is InChI=1S/C10H19N3O3S2/c1-7-5-10(6-7,8(11)17)9(14)13-3-4-18(15,16)12-2/h7,12H,3-6H2,1-2H3,(H2,11,17)(H,13,14). The third kappa shape index (κ3) is 3.18. The van der Waals surface area contributed by atoms with Gasteiger partial charge in [0.05, 0.1) is 16.2 Å². The molecule has 0 aromatic rings. The van der Waals surface area contributed by atoms with E-state index in [0.29, 0.717) is 18.8 Å². The van der Waals surface area contributed by atoms with E-state index in [1.807, 2.05) is 6.92 Å². The number of nitrogens with two attached hydrogens (primary N) is 1. The number of hydrogen-bond acceptors (Lipinski definition) is 4. The van der Waals surface area contributed by atoms with Crippen molar-refractivity contribution in [2.75, 3.05) is 19.3 Å². The van der Waals surface area contributed by atoms with Crippen LogP contribution in [0.5, 0.6) is 0 Å². The molecule has 18 heavy (non-hydrogen) atoms. The highest BCUT2D eigenvalue weighted by atomic mass is 32.2. The largest absolute Gasteiger partial charge is 0.392 e. The maximum Gasteiger partial charge on any atom is 0.233 e. The normalized spacial score (nSPS) is 27.3. The topological polar surface area (TPSA) is 101 Å². The van der Waals surface area contributed by atoms with Crippen LogP contribution in [0.15, 0.2) is 0 Å². The van der Waals surface area contributed by atoms with Gasteiger partial charge in [0.25, 0.3) is 0 Å². The fourth-order valence-electron chi connectivity index (χ4n) is 2.20. The Labute approximate surface area is 113 Å². The molecule has 1 aliphatic rings. The Bertz CT molecular complexity index is 441. The lowest BCUT2D eigenvalue weighted by molar-refractivity contribution is -0.132. The van der Waals surface area contributed by atoms with Crippen LogP contribution in [0, 0.1) is 11.3 Å². The smallest absolute Gasteiger partial charge is 0.233 e. The van der Waals surface area contributed by atoms with Crippen molar-refractivity contribution in [3.8, 4) is 0 Å². The van der Waals surface area contributed by atoms with Gasteiger partial charge in [-0.3, -0.25) is 4.79 Å². The number of rotatable bonds is 6. The summed E-state index contributed by atoms with van der Waals surface area (Å²) in [7, 11) is -1.97. The van der Waals surface area contributed by atoms with Gasteiger partial charge in [-0.25, -0.2) is 13.1 Å². The number of carbonyl (C=O) groups is 1. The molecule has 0 aromatic heterocycles. The van der Waals surface area contributed by atoms with Gasteiger partial charge in [0.15, 0.2) is 0 Å². The number of hydrogen-bond donors (Lipinski definition) is 3. The monoisotopic (exact) mass is 293 g/mol. The molecule has 0 radical (unpaired) electrons. The van der Waals surface area contributed by atoms with E-state index in [1.165, 1.54) is 7.05 Å². The summed E-state index contributed by atoms with van der Waals surface area (Å²) in [5, 5.41) is 2.59. The Kier molecular flexibility index (Phi) is 4.68. The molecule has 104 valence electrons. The van der Waals surface area contributed by atoms with E-state index in [9.17, 15) is 13.2 Å². The first-order valence-electron chi connectivity index (χ1n) is 5.73. The molecular weight excluding hydrogens is 274 g/mol. The Balaban J connectivity index is 2.53. The van der Waals surface area contributed by atoms with E-state index in [1.54, 1.807) is 0 Å². The number of amides is 1. The summed E-state index contributed by atoms with van der Waals surface area (Å²) in [5.41, 5.74) is 4.84. The summed E-state index contributed by atoms with van der Waals surface area (Å²) in [6.07, 6.45) is 1.26. The molecule has 1 rings (SSSR count). The molecule has 1 saturated carbocycles. The lowest BCUT2D eigenvalue weighted by Gasteiger charge is -2.44. The second-order valence-electron chi connectivity index (χ2n) is 4.74. The quantitative estimate of drug-likeness (QED) is 0.565. The first-order valence-corrected chi connectivity index (χ1v) is 7.79. The predicted octanol–water partition coefficient (Wildman–Crippen LogP) is -0.646. The lowest BCUT2D eigenvalue weighted by atomic mass is 9.62. The third-order valence-electron chi connectivity index (χ3n) is 3.27. The highest BCUT2D eigenvalue weighted by molar-refractivity contribution is 7.89. The zero-order chi connectivity index (χ0) is 14.0. The van der Waals surface area contributed by atoms with Gasteiger partial charge in [0, 0.05) is 6.54 Å². The molecule has 8 heteroatoms. The average molecular weight is 293 g/mol. The van der Waals surface area contributed by atoms with Crippen LogP contribution in [0.2, 0.25) is 0 Å². The molecular formula is C10H19N3O3S2. The van der Waals surface area contributed by atoms with Crippen molar-refractivity contribution >= 4 is 33.1 Å². The van der Waals surface area contributed by atoms with E-state index in [-0.39, 0.29) is 23.2 Å². The Morgan fingerprint density at radius 3 is 2.44 bits per heavy atom. The SMILES string of the molecule is CNS(=O)(=O)CCNC(=O)C1(C(N)=S)CC(C)C1. The van der Waals surface area contributed by atoms with Crippen molar-refractivity contribution in [2.45, 2.75) is 19.8 Å². The van der Waals surface area contributed by atoms with Crippen LogP contribution in [-0.2, 0) is 14.8 Å². The van der Waals surface area contributed by atoms with Gasteiger partial charge in [-0.1, -0.05) is 19.1 Å². The van der Waals surface area contributed by atoms with E-state index in [4.69, 9.17) is 18.0 Å². The van der Waals surface area contributed by atoms with Crippen LogP contribution >= 0.6 is 12.2 Å². The number of carbonyl (C=O) groups excluding carboxylic acids is 1. The first kappa shape index (κ1) is 15.3. The first-order chi connectivity index (χ1) is 8.23. The molecule has 4 N–H and O–H groups in total. The molecule has 1 aliphatic carbocycles. The maximum atomic E-state index is 12.0. The Morgan fingerprint density at radius 2 is 2.06 bits per heavy atom. The minimum Gasteiger partial charge on any atom is -0.392 e. The molecule has 0 aromatic carbocycles. The molecule has 1 amide bonds. The summed E-state index contributed by atoms with van der Waals surface area (Å²) >= 11 is 4.94. The van der Waals surface area contributed by atoms with Gasteiger partial charge >= 0.3 is 0 Å². The zero-order valence-corrected chi connectivity index (χ0v) is 12.2. The molecule has 0 unspecified atom stereocenters. The Morgan fingerprint density at radius 1 is 1.50 bits per heavy atom. The van der Waals surface area contributed by atoms with Gasteiger partial charge in [-0.05, 0) is 25.8 Å². The van der Waals surface area contributed by atoms with Gasteiger partial charge < -0.3 is 11.1 Å². The molecule has 0 saturated heterocycles. The van der Waals surface area contributed by atoms with E-state index in [0.717, 1.165) is 0 Å². The highest BCUT2D eigenvalue weighted by Gasteiger charge is 2.50. The molecule has 0 bridgehead atoms. The minimum absolute atomic E-state index is 0.0563. The zero-order valence-electron chi connectivity index (χ0n) is 10.5. The van der Waals surface area contributed by atoms with Crippen molar-refractivity contribution in [1.29, 1.82) is 0 Å². The molecule has 0 spiro atoms. The summed E-state index contributed by atoms with van der Waals surface area (Å²) in [4.78, 5) is 12.2. The summed E-state index contributed by atoms with van der Waals surface area (Å²) < 4.78 is 24.6. The molecule has 0 heterocycles. The van der Waals surface area contributed by atoms with Crippen LogP contribution < -0.4 is 15.8 Å². The molecule has 0 aliphatic heterocycles. The lowest BCUT2D eigenvalue weighted by Crippen LogP contribution is -2.56. The van der Waals surface area contributed by atoms with Crippen LogP contribution in [0.1, 0.15) is 19.8 Å². The second-order valence-corrected chi connectivity index (χ2v) is 7.22. The van der Waals surface area contributed by atoms with Crippen LogP contribution in [0.4, 0.5) is 0 Å². The number of sulfonamides is 1. The van der Waals surface area contributed by atoms with E-state index in [2.05, 4.69) is 10.0 Å². The minimum atomic E-state index is -3.31. The number of thiocarbonyl (C=S) groups is 1. The summed E-state index contributed by atoms with van der Waals surface area (Å²) in [5.74, 6) is -0.00391. The van der Waals surface area contributed by atoms with Gasteiger partial charge in [-0.15, -0.1) is 0 Å². The summed E-state index contributed by atoms with van der Waals surface area (Å²) in [6, 6.07) is 0. The van der Waals surface area contributed by atoms with Crippen molar-refractivity contribution in [3.63, 3.8) is 0 Å². The predicted molar refractivity (Wildman–Crippen MR) is 73.5 cm³/mol. The van der Waals surface area contributed by atoms with Crippen LogP contribution in [0.3, 0.4) is 0 Å². The Hall–Kier alpha value is -0.730. The third-order valence-corrected chi connectivity index (χ3v) is 5.02. The average Bonchev–Trinajstić information content (AvgIpc) is 2.23. The summed E-state index contributed by atoms with van der Waals surface area (Å²) in [6.45, 7) is 2.08. The van der Waals surface area contributed by atoms with Crippen molar-refractivity contribution in [1.82, 2.24) is 10.0 Å². The fraction of sp³-hybridized carbons (Fsp3) is 0.800. The van der Waals surface area contributed by atoms with Crippen molar-refractivity contribution in [3.05, 3.63) is 0 Å². The molecule has 1 fully saturated rings. The van der Waals surface area contributed by atoms with Crippen LogP contribution in [0.25, 0.3) is 0 Å². The van der Waals surface area contributed by atoms with Gasteiger partial charge in [0.2, 0.25) is 15.9 Å². The fourth-order valence-corrected chi connectivity index (χ4v) is 3.03. The molecule has 0 atom stereocenters. The second kappa shape index (κ2) is 5.50. The molecule has 6 nitrogen and oxygen atoms in total. The van der Waals surface area contributed by atoms with Crippen molar-refractivity contribution < 1.29 is 13.2 Å². The maximum absolute atomic E-state index is 12.0. The van der Waals surface area contributed by atoms with E-state index >= 15 is 0 Å².